The molecule has 8 heteroatoms. The van der Waals surface area contributed by atoms with Crippen molar-refractivity contribution in [1.82, 2.24) is 14.1 Å². The number of aromatic nitrogens is 3. The van der Waals surface area contributed by atoms with E-state index in [0.717, 1.165) is 70.9 Å². The van der Waals surface area contributed by atoms with E-state index >= 15 is 0 Å². The molecule has 2 atom stereocenters. The Labute approximate surface area is 464 Å². The van der Waals surface area contributed by atoms with Gasteiger partial charge in [-0.15, -0.1) is 0 Å². The number of furan rings is 3. The molecule has 2 N–H and O–H groups in total. The highest BCUT2D eigenvalue weighted by atomic mass is 79.9. The van der Waals surface area contributed by atoms with Gasteiger partial charge in [-0.2, -0.15) is 0 Å². The number of rotatable bonds is 2. The molecule has 1 aliphatic heterocycles. The summed E-state index contributed by atoms with van der Waals surface area (Å²) in [5.41, 5.74) is 17.5. The fourth-order valence-corrected chi connectivity index (χ4v) is 13.5. The van der Waals surface area contributed by atoms with Gasteiger partial charge in [0.25, 0.3) is 0 Å². The summed E-state index contributed by atoms with van der Waals surface area (Å²) in [4.78, 5) is 3.53. The van der Waals surface area contributed by atoms with Crippen LogP contribution in [0.1, 0.15) is 11.5 Å². The van der Waals surface area contributed by atoms with Crippen LogP contribution in [-0.4, -0.2) is 20.2 Å². The molecular weight excluding hydrogens is 1050 g/mol. The third-order valence-corrected chi connectivity index (χ3v) is 17.0. The number of hydrogen-bond acceptors (Lipinski definition) is 4. The summed E-state index contributed by atoms with van der Waals surface area (Å²) in [5.74, 6) is 0.443. The summed E-state index contributed by atoms with van der Waals surface area (Å²) in [6.45, 7) is 0. The van der Waals surface area contributed by atoms with Crippen LogP contribution >= 0.6 is 15.9 Å². The van der Waals surface area contributed by atoms with E-state index in [1.165, 1.54) is 87.4 Å². The molecule has 0 bridgehead atoms. The SMILES string of the molecule is Brc1ccc2c(c1)oc1ccccc12.C1=CC2Nc3ccc4[nH]c5ccccc5c4c3C2C=C1.c1ccc2c(c1)oc1cc(-n3c4ccccc4c4c5c6ccccc6n(-c6ccc7c(c6)oc6ccccc67)c5ccc43)ccc12. The Morgan fingerprint density at radius 3 is 1.39 bits per heavy atom. The van der Waals surface area contributed by atoms with Crippen molar-refractivity contribution in [2.24, 2.45) is 0 Å². The summed E-state index contributed by atoms with van der Waals surface area (Å²) in [5, 5.41) is 18.2. The molecule has 0 amide bonds. The average molecular weight is 1090 g/mol. The highest BCUT2D eigenvalue weighted by Crippen LogP contribution is 2.47. The second-order valence-electron chi connectivity index (χ2n) is 20.9. The Bertz CT molecular complexity index is 5260. The zero-order valence-corrected chi connectivity index (χ0v) is 44.4. The monoisotopic (exact) mass is 1090 g/mol. The number of para-hydroxylation sites is 6. The predicted octanol–water partition coefficient (Wildman–Crippen LogP) is 20.4. The first-order chi connectivity index (χ1) is 39.6. The molecule has 6 aromatic heterocycles. The lowest BCUT2D eigenvalue weighted by molar-refractivity contribution is 0.668. The molecule has 0 spiro atoms. The van der Waals surface area contributed by atoms with E-state index in [9.17, 15) is 0 Å². The van der Waals surface area contributed by atoms with Gasteiger partial charge in [-0.25, -0.2) is 0 Å². The van der Waals surface area contributed by atoms with Crippen LogP contribution in [0.25, 0.3) is 143 Å². The second-order valence-corrected chi connectivity index (χ2v) is 21.9. The van der Waals surface area contributed by atoms with E-state index in [1.807, 2.05) is 54.6 Å². The maximum absolute atomic E-state index is 6.32. The molecule has 1 aliphatic carbocycles. The molecule has 378 valence electrons. The van der Waals surface area contributed by atoms with Gasteiger partial charge >= 0.3 is 0 Å². The minimum atomic E-state index is 0.397. The van der Waals surface area contributed by atoms with Crippen molar-refractivity contribution < 1.29 is 13.3 Å². The van der Waals surface area contributed by atoms with Gasteiger partial charge in [-0.1, -0.05) is 149 Å². The Kier molecular flexibility index (Phi) is 9.85. The van der Waals surface area contributed by atoms with Crippen LogP contribution in [0.2, 0.25) is 0 Å². The minimum Gasteiger partial charge on any atom is -0.456 e. The van der Waals surface area contributed by atoms with Gasteiger partial charge in [0.1, 0.15) is 33.5 Å². The molecule has 19 rings (SSSR count). The van der Waals surface area contributed by atoms with Crippen LogP contribution < -0.4 is 5.32 Å². The van der Waals surface area contributed by atoms with Crippen molar-refractivity contribution in [2.75, 3.05) is 5.32 Å². The van der Waals surface area contributed by atoms with Crippen LogP contribution in [-0.2, 0) is 0 Å². The molecule has 17 aromatic rings. The molecule has 0 saturated heterocycles. The fourth-order valence-electron chi connectivity index (χ4n) is 13.1. The lowest BCUT2D eigenvalue weighted by Gasteiger charge is -2.16. The topological polar surface area (TPSA) is 77.1 Å². The lowest BCUT2D eigenvalue weighted by atomic mass is 9.89. The predicted molar refractivity (Wildman–Crippen MR) is 335 cm³/mol. The van der Waals surface area contributed by atoms with E-state index in [0.29, 0.717) is 12.0 Å². The maximum Gasteiger partial charge on any atom is 0.137 e. The number of H-pyrrole nitrogens is 1. The first kappa shape index (κ1) is 45.0. The Morgan fingerprint density at radius 1 is 0.350 bits per heavy atom. The van der Waals surface area contributed by atoms with Crippen molar-refractivity contribution in [1.29, 1.82) is 0 Å². The lowest BCUT2D eigenvalue weighted by Crippen LogP contribution is -2.17. The summed E-state index contributed by atoms with van der Waals surface area (Å²) in [6.07, 6.45) is 8.86. The van der Waals surface area contributed by atoms with Crippen molar-refractivity contribution >= 4 is 153 Å². The standard InChI is InChI=1S/C42H24N2O2.C18H14N2.C12H7BrO/c1-5-13-33-31(11-1)41-35(43(33)25-17-19-29-27-9-3-7-15-37(27)45-39(29)23-25)21-22-36-42(41)32-12-2-6-14-34(32)44(36)26-18-20-30-28-10-4-8-16-38(28)46-40(30)24-26;1-3-7-13-11(5-1)17-15(19-13)9-10-16-18(17)12-6-2-4-8-14(12)20-16;13-8-5-6-10-9-3-1-2-4-11(9)14-12(10)7-8/h1-24H;1-11,13,19-20H;1-7H. The van der Waals surface area contributed by atoms with Crippen LogP contribution in [0.5, 0.6) is 0 Å². The molecule has 2 aliphatic rings. The molecule has 0 fully saturated rings. The zero-order valence-electron chi connectivity index (χ0n) is 42.8. The van der Waals surface area contributed by atoms with Crippen molar-refractivity contribution in [2.45, 2.75) is 12.0 Å². The van der Waals surface area contributed by atoms with Crippen molar-refractivity contribution in [3.63, 3.8) is 0 Å². The van der Waals surface area contributed by atoms with E-state index in [2.05, 4.69) is 230 Å². The molecule has 7 nitrogen and oxygen atoms in total. The van der Waals surface area contributed by atoms with Gasteiger partial charge in [0.05, 0.1) is 28.1 Å². The third-order valence-electron chi connectivity index (χ3n) is 16.6. The average Bonchev–Trinajstić information content (AvgIpc) is 4.35. The molecular formula is C72H45BrN4O3. The molecule has 80 heavy (non-hydrogen) atoms. The first-order valence-electron chi connectivity index (χ1n) is 27.1. The quantitative estimate of drug-likeness (QED) is 0.181. The summed E-state index contributed by atoms with van der Waals surface area (Å²) in [7, 11) is 0. The van der Waals surface area contributed by atoms with Gasteiger partial charge in [0.2, 0.25) is 0 Å². The molecule has 0 radical (unpaired) electrons. The van der Waals surface area contributed by atoms with Gasteiger partial charge in [0, 0.05) is 115 Å². The van der Waals surface area contributed by atoms with Crippen molar-refractivity contribution in [3.8, 4) is 11.4 Å². The number of halogens is 1. The largest absolute Gasteiger partial charge is 0.456 e. The molecule has 11 aromatic carbocycles. The highest BCUT2D eigenvalue weighted by molar-refractivity contribution is 9.10. The Morgan fingerprint density at radius 2 is 0.812 bits per heavy atom. The minimum absolute atomic E-state index is 0.397. The van der Waals surface area contributed by atoms with Crippen LogP contribution in [0.3, 0.4) is 0 Å². The third kappa shape index (κ3) is 6.79. The number of hydrogen-bond donors (Lipinski definition) is 2. The summed E-state index contributed by atoms with van der Waals surface area (Å²) < 4.78 is 24.1. The normalized spacial score (nSPS) is 14.8. The van der Waals surface area contributed by atoms with E-state index in [-0.39, 0.29) is 0 Å². The van der Waals surface area contributed by atoms with E-state index in [1.54, 1.807) is 0 Å². The van der Waals surface area contributed by atoms with E-state index in [4.69, 9.17) is 13.3 Å². The fraction of sp³-hybridized carbons (Fsp3) is 0.0278. The van der Waals surface area contributed by atoms with Gasteiger partial charge in [-0.05, 0) is 109 Å². The number of allylic oxidation sites excluding steroid dienone is 2. The number of nitrogens with zero attached hydrogens (tertiary/aromatic N) is 2. The summed E-state index contributed by atoms with van der Waals surface area (Å²) >= 11 is 3.43. The molecule has 0 saturated carbocycles. The molecule has 2 unspecified atom stereocenters. The Hall–Kier alpha value is -10.0. The highest BCUT2D eigenvalue weighted by Gasteiger charge is 2.32. The second kappa shape index (κ2) is 17.5. The van der Waals surface area contributed by atoms with Gasteiger partial charge in [0.15, 0.2) is 0 Å². The van der Waals surface area contributed by atoms with Gasteiger partial charge < -0.3 is 32.7 Å². The van der Waals surface area contributed by atoms with Gasteiger partial charge in [-0.3, -0.25) is 0 Å². The van der Waals surface area contributed by atoms with Crippen LogP contribution in [0, 0.1) is 0 Å². The van der Waals surface area contributed by atoms with E-state index < -0.39 is 0 Å². The Balaban J connectivity index is 0.000000122. The number of fused-ring (bicyclic) bond motifs is 23. The number of anilines is 1. The number of benzene rings is 11. The first-order valence-corrected chi connectivity index (χ1v) is 27.9. The summed E-state index contributed by atoms with van der Waals surface area (Å²) in [6, 6.07) is 79.2. The maximum atomic E-state index is 6.32. The number of aromatic amines is 1. The van der Waals surface area contributed by atoms with Crippen LogP contribution in [0.4, 0.5) is 5.69 Å². The van der Waals surface area contributed by atoms with Crippen molar-refractivity contribution in [3.05, 3.63) is 259 Å². The zero-order chi connectivity index (χ0) is 52.6. The number of nitrogens with one attached hydrogen (secondary N) is 2. The van der Waals surface area contributed by atoms with Crippen LogP contribution in [0.15, 0.2) is 266 Å². The molecule has 7 heterocycles. The smallest absolute Gasteiger partial charge is 0.137 e.